The summed E-state index contributed by atoms with van der Waals surface area (Å²) in [5.41, 5.74) is 16.7. The van der Waals surface area contributed by atoms with E-state index < -0.39 is 0 Å². The molecule has 0 aliphatic heterocycles. The van der Waals surface area contributed by atoms with Gasteiger partial charge >= 0.3 is 0 Å². The first-order valence-electron chi connectivity index (χ1n) is 27.5. The molecule has 0 radical (unpaired) electrons. The lowest BCUT2D eigenvalue weighted by atomic mass is 9.83. The molecule has 0 unspecified atom stereocenters. The van der Waals surface area contributed by atoms with Crippen molar-refractivity contribution < 1.29 is 13.3 Å². The smallest absolute Gasteiger partial charge is 0.159 e. The number of hydrogen-bond donors (Lipinski definition) is 0. The Bertz CT molecular complexity index is 4070. The first-order chi connectivity index (χ1) is 37.0. The lowest BCUT2D eigenvalue weighted by molar-refractivity contribution is 0.442. The molecule has 0 spiro atoms. The Kier molecular flexibility index (Phi) is 10.4. The molecule has 0 N–H and O–H groups in total. The van der Waals surface area contributed by atoms with E-state index in [1.165, 1.54) is 97.2 Å². The third-order valence-corrected chi connectivity index (χ3v) is 17.1. The second kappa shape index (κ2) is 17.7. The van der Waals surface area contributed by atoms with Crippen LogP contribution in [0.2, 0.25) is 0 Å². The SMILES string of the molecule is Cc1ccc(N(c2cc3oc4cc(N(c5ccc(C)cc5)c5cccc6c5oc5c(C7CCCCC7)cccc56)c5ccccc5c4c3c3ccccc23)c2cccc3c2oc2c(C4CCCCC4)cccc23)cc1. The van der Waals surface area contributed by atoms with Gasteiger partial charge in [-0.15, -0.1) is 0 Å². The zero-order chi connectivity index (χ0) is 49.7. The van der Waals surface area contributed by atoms with Crippen molar-refractivity contribution >= 4 is 121 Å². The largest absolute Gasteiger partial charge is 0.456 e. The molecular weight excluding hydrogens is 917 g/mol. The second-order valence-electron chi connectivity index (χ2n) is 21.7. The lowest BCUT2D eigenvalue weighted by Crippen LogP contribution is -2.11. The number of furan rings is 3. The molecule has 5 nitrogen and oxygen atoms in total. The lowest BCUT2D eigenvalue weighted by Gasteiger charge is -2.27. The molecule has 0 amide bonds. The summed E-state index contributed by atoms with van der Waals surface area (Å²) < 4.78 is 21.8. The van der Waals surface area contributed by atoms with Gasteiger partial charge in [0.2, 0.25) is 0 Å². The zero-order valence-corrected chi connectivity index (χ0v) is 42.7. The van der Waals surface area contributed by atoms with Crippen LogP contribution in [0.25, 0.3) is 87.4 Å². The molecular formula is C70H58N2O3. The van der Waals surface area contributed by atoms with Crippen molar-refractivity contribution in [3.8, 4) is 0 Å². The van der Waals surface area contributed by atoms with Gasteiger partial charge in [-0.3, -0.25) is 0 Å². The molecule has 2 fully saturated rings. The van der Waals surface area contributed by atoms with E-state index in [-0.39, 0.29) is 0 Å². The molecule has 75 heavy (non-hydrogen) atoms. The quantitative estimate of drug-likeness (QED) is 0.152. The van der Waals surface area contributed by atoms with Crippen molar-refractivity contribution in [3.05, 3.63) is 204 Å². The molecule has 2 aliphatic carbocycles. The number of fused-ring (bicyclic) bond motifs is 13. The maximum Gasteiger partial charge on any atom is 0.159 e. The van der Waals surface area contributed by atoms with Crippen LogP contribution in [-0.4, -0.2) is 0 Å². The maximum atomic E-state index is 7.37. The van der Waals surface area contributed by atoms with Crippen LogP contribution in [0.4, 0.5) is 34.1 Å². The van der Waals surface area contributed by atoms with Crippen LogP contribution < -0.4 is 9.80 Å². The predicted octanol–water partition coefficient (Wildman–Crippen LogP) is 21.3. The molecule has 13 aromatic rings. The Morgan fingerprint density at radius 1 is 0.320 bits per heavy atom. The highest BCUT2D eigenvalue weighted by molar-refractivity contribution is 6.30. The summed E-state index contributed by atoms with van der Waals surface area (Å²) in [5.74, 6) is 1.02. The fourth-order valence-corrected chi connectivity index (χ4v) is 13.5. The maximum absolute atomic E-state index is 7.37. The van der Waals surface area contributed by atoms with E-state index in [0.29, 0.717) is 11.8 Å². The van der Waals surface area contributed by atoms with Gasteiger partial charge in [-0.05, 0) is 110 Å². The molecule has 10 aromatic carbocycles. The number of hydrogen-bond acceptors (Lipinski definition) is 5. The van der Waals surface area contributed by atoms with Crippen molar-refractivity contribution in [1.29, 1.82) is 0 Å². The molecule has 0 bridgehead atoms. The first kappa shape index (κ1) is 44.2. The average molecular weight is 975 g/mol. The van der Waals surface area contributed by atoms with Crippen LogP contribution in [0.15, 0.2) is 195 Å². The molecule has 0 saturated heterocycles. The Labute approximate surface area is 436 Å². The number of rotatable bonds is 8. The van der Waals surface area contributed by atoms with Gasteiger partial charge in [-0.1, -0.05) is 183 Å². The van der Waals surface area contributed by atoms with Gasteiger partial charge < -0.3 is 23.1 Å². The highest BCUT2D eigenvalue weighted by Crippen LogP contribution is 2.52. The van der Waals surface area contributed by atoms with Crippen molar-refractivity contribution in [2.24, 2.45) is 0 Å². The highest BCUT2D eigenvalue weighted by Gasteiger charge is 2.29. The number of aryl methyl sites for hydroxylation is 2. The van der Waals surface area contributed by atoms with Crippen LogP contribution in [0.5, 0.6) is 0 Å². The van der Waals surface area contributed by atoms with Gasteiger partial charge in [0.15, 0.2) is 11.2 Å². The molecule has 366 valence electrons. The first-order valence-corrected chi connectivity index (χ1v) is 27.5. The number of nitrogens with zero attached hydrogens (tertiary/aromatic N) is 2. The topological polar surface area (TPSA) is 45.9 Å². The standard InChI is InChI=1S/C70H58N2O3/c1-43-33-37-47(38-34-43)71(59-31-15-29-57-55-27-13-25-49(67(55)74-69(57)59)45-17-5-3-6-18-45)61-41-63-65(53-23-11-9-21-51(53)61)66-54-24-12-10-22-52(54)62(42-64(66)73-63)72(48-39-35-44(2)36-40-48)60-32-16-30-58-56-28-14-26-50(68(56)75-70(58)60)46-19-7-4-8-20-46/h9-16,21-42,45-46H,3-8,17-20H2,1-2H3. The summed E-state index contributed by atoms with van der Waals surface area (Å²) >= 11 is 0. The molecule has 3 aromatic heterocycles. The van der Waals surface area contributed by atoms with Crippen LogP contribution in [0.1, 0.15) is 98.3 Å². The second-order valence-corrected chi connectivity index (χ2v) is 21.7. The van der Waals surface area contributed by atoms with Crippen LogP contribution >= 0.6 is 0 Å². The molecule has 2 saturated carbocycles. The summed E-state index contributed by atoms with van der Waals surface area (Å²) in [5, 5.41) is 11.3. The van der Waals surface area contributed by atoms with Gasteiger partial charge in [-0.2, -0.15) is 0 Å². The molecule has 15 rings (SSSR count). The fourth-order valence-electron chi connectivity index (χ4n) is 13.5. The molecule has 3 heterocycles. The Morgan fingerprint density at radius 2 is 0.680 bits per heavy atom. The van der Waals surface area contributed by atoms with E-state index in [1.54, 1.807) is 0 Å². The summed E-state index contributed by atoms with van der Waals surface area (Å²) in [6.45, 7) is 4.31. The normalized spacial score (nSPS) is 15.0. The summed E-state index contributed by atoms with van der Waals surface area (Å²) in [6.07, 6.45) is 12.6. The molecule has 5 heteroatoms. The molecule has 2 aliphatic rings. The predicted molar refractivity (Wildman–Crippen MR) is 314 cm³/mol. The van der Waals surface area contributed by atoms with E-state index in [4.69, 9.17) is 13.3 Å². The summed E-state index contributed by atoms with van der Waals surface area (Å²) in [4.78, 5) is 4.80. The highest BCUT2D eigenvalue weighted by atomic mass is 16.3. The minimum Gasteiger partial charge on any atom is -0.456 e. The van der Waals surface area contributed by atoms with Crippen LogP contribution in [0.3, 0.4) is 0 Å². The van der Waals surface area contributed by atoms with E-state index in [2.05, 4.69) is 206 Å². The monoisotopic (exact) mass is 974 g/mol. The minimum absolute atomic E-state index is 0.512. The fraction of sp³-hybridized carbons (Fsp3) is 0.200. The number of anilines is 6. The third kappa shape index (κ3) is 7.11. The van der Waals surface area contributed by atoms with Gasteiger partial charge in [0.25, 0.3) is 0 Å². The average Bonchev–Trinajstić information content (AvgIpc) is 4.18. The summed E-state index contributed by atoms with van der Waals surface area (Å²) in [7, 11) is 0. The number of benzene rings is 10. The minimum atomic E-state index is 0.512. The van der Waals surface area contributed by atoms with Crippen LogP contribution in [0, 0.1) is 13.8 Å². The third-order valence-electron chi connectivity index (χ3n) is 17.1. The van der Waals surface area contributed by atoms with E-state index in [0.717, 1.165) is 111 Å². The zero-order valence-electron chi connectivity index (χ0n) is 42.7. The van der Waals surface area contributed by atoms with E-state index in [1.807, 2.05) is 0 Å². The molecule has 0 atom stereocenters. The van der Waals surface area contributed by atoms with Gasteiger partial charge in [0.1, 0.15) is 22.3 Å². The van der Waals surface area contributed by atoms with Gasteiger partial charge in [-0.25, -0.2) is 0 Å². The van der Waals surface area contributed by atoms with E-state index in [9.17, 15) is 0 Å². The van der Waals surface area contributed by atoms with Gasteiger partial charge in [0.05, 0.1) is 22.7 Å². The van der Waals surface area contributed by atoms with Crippen LogP contribution in [-0.2, 0) is 0 Å². The van der Waals surface area contributed by atoms with Gasteiger partial charge in [0, 0.05) is 66.6 Å². The van der Waals surface area contributed by atoms with Crippen molar-refractivity contribution in [2.75, 3.05) is 9.80 Å². The Hall–Kier alpha value is -8.28. The number of para-hydroxylation sites is 4. The van der Waals surface area contributed by atoms with E-state index >= 15 is 0 Å². The summed E-state index contributed by atoms with van der Waals surface area (Å²) in [6, 6.07) is 66.9. The van der Waals surface area contributed by atoms with Crippen molar-refractivity contribution in [3.63, 3.8) is 0 Å². The van der Waals surface area contributed by atoms with Crippen molar-refractivity contribution in [1.82, 2.24) is 0 Å². The Morgan fingerprint density at radius 3 is 1.09 bits per heavy atom. The Balaban J connectivity index is 0.969. The van der Waals surface area contributed by atoms with Crippen molar-refractivity contribution in [2.45, 2.75) is 89.9 Å².